The molecule has 1 aliphatic rings. The molecule has 0 unspecified atom stereocenters. The third-order valence-corrected chi connectivity index (χ3v) is 5.66. The van der Waals surface area contributed by atoms with Crippen molar-refractivity contribution in [3.63, 3.8) is 0 Å². The normalized spacial score (nSPS) is 15.4. The van der Waals surface area contributed by atoms with Gasteiger partial charge in [-0.25, -0.2) is 0 Å². The van der Waals surface area contributed by atoms with E-state index in [1.54, 1.807) is 18.7 Å². The number of fused-ring (bicyclic) bond motifs is 2. The van der Waals surface area contributed by atoms with Crippen LogP contribution in [0.2, 0.25) is 0 Å². The van der Waals surface area contributed by atoms with Gasteiger partial charge in [-0.1, -0.05) is 29.5 Å². The zero-order valence-corrected chi connectivity index (χ0v) is 16.7. The third-order valence-electron chi connectivity index (χ3n) is 4.67. The molecule has 4 aromatic rings. The van der Waals surface area contributed by atoms with Crippen LogP contribution in [0.15, 0.2) is 42.5 Å². The standard InChI is InChI=1S/C20H18N4O4S/c1-25-13-8-7-12(9-16(13)26-2)10-18-21-22-20-24(18)23-19(29-20)17-11-27-14-5-3-4-6-15(14)28-17/h3-9,17H,10-11H2,1-2H3/t17-/m1/s1. The Bertz CT molecular complexity index is 1170. The maximum atomic E-state index is 6.06. The highest BCUT2D eigenvalue weighted by atomic mass is 32.1. The number of rotatable bonds is 5. The Morgan fingerprint density at radius 2 is 1.90 bits per heavy atom. The van der Waals surface area contributed by atoms with Crippen LogP contribution >= 0.6 is 11.3 Å². The first-order valence-corrected chi connectivity index (χ1v) is 9.87. The lowest BCUT2D eigenvalue weighted by molar-refractivity contribution is 0.0904. The zero-order chi connectivity index (χ0) is 19.8. The van der Waals surface area contributed by atoms with Crippen molar-refractivity contribution in [2.45, 2.75) is 12.5 Å². The van der Waals surface area contributed by atoms with Crippen LogP contribution in [0.1, 0.15) is 22.5 Å². The number of hydrogen-bond acceptors (Lipinski definition) is 8. The van der Waals surface area contributed by atoms with Gasteiger partial charge in [-0.2, -0.15) is 9.61 Å². The monoisotopic (exact) mass is 410 g/mol. The zero-order valence-electron chi connectivity index (χ0n) is 15.9. The van der Waals surface area contributed by atoms with Crippen molar-refractivity contribution >= 4 is 16.3 Å². The Kier molecular flexibility index (Phi) is 4.44. The number of para-hydroxylation sites is 2. The molecule has 2 aromatic heterocycles. The quantitative estimate of drug-likeness (QED) is 0.499. The van der Waals surface area contributed by atoms with Gasteiger partial charge < -0.3 is 18.9 Å². The molecule has 1 aliphatic heterocycles. The fourth-order valence-corrected chi connectivity index (χ4v) is 4.10. The van der Waals surface area contributed by atoms with Crippen molar-refractivity contribution in [2.75, 3.05) is 20.8 Å². The molecule has 0 bridgehead atoms. The molecule has 0 N–H and O–H groups in total. The van der Waals surface area contributed by atoms with Crippen molar-refractivity contribution in [2.24, 2.45) is 0 Å². The van der Waals surface area contributed by atoms with Gasteiger partial charge in [0.15, 0.2) is 39.9 Å². The minimum absolute atomic E-state index is 0.273. The van der Waals surface area contributed by atoms with E-state index in [-0.39, 0.29) is 6.10 Å². The van der Waals surface area contributed by atoms with Crippen LogP contribution in [0.25, 0.3) is 4.96 Å². The molecule has 0 spiro atoms. The van der Waals surface area contributed by atoms with Crippen LogP contribution in [0.4, 0.5) is 0 Å². The van der Waals surface area contributed by atoms with Gasteiger partial charge in [0.25, 0.3) is 0 Å². The summed E-state index contributed by atoms with van der Waals surface area (Å²) in [5.74, 6) is 3.58. The van der Waals surface area contributed by atoms with Crippen molar-refractivity contribution < 1.29 is 18.9 Å². The van der Waals surface area contributed by atoms with E-state index in [0.29, 0.717) is 24.5 Å². The number of hydrogen-bond donors (Lipinski definition) is 0. The van der Waals surface area contributed by atoms with E-state index in [4.69, 9.17) is 24.0 Å². The lowest BCUT2D eigenvalue weighted by atomic mass is 10.1. The minimum atomic E-state index is -0.273. The van der Waals surface area contributed by atoms with E-state index < -0.39 is 0 Å². The van der Waals surface area contributed by atoms with Gasteiger partial charge in [0, 0.05) is 6.42 Å². The SMILES string of the molecule is COc1ccc(Cc2nnc3sc([C@H]4COc5ccccc5O4)nn23)cc1OC. The van der Waals surface area contributed by atoms with Crippen LogP contribution in [-0.4, -0.2) is 40.6 Å². The molecule has 3 heterocycles. The summed E-state index contributed by atoms with van der Waals surface area (Å²) in [6.45, 7) is 0.409. The Hall–Kier alpha value is -3.33. The summed E-state index contributed by atoms with van der Waals surface area (Å²) in [6.07, 6.45) is 0.292. The highest BCUT2D eigenvalue weighted by Gasteiger charge is 2.26. The Balaban J connectivity index is 1.41. The fraction of sp³-hybridized carbons (Fsp3) is 0.250. The summed E-state index contributed by atoms with van der Waals surface area (Å²) in [5, 5.41) is 14.0. The molecule has 0 radical (unpaired) electrons. The largest absolute Gasteiger partial charge is 0.493 e. The second kappa shape index (κ2) is 7.25. The maximum absolute atomic E-state index is 6.06. The molecule has 29 heavy (non-hydrogen) atoms. The number of methoxy groups -OCH3 is 2. The van der Waals surface area contributed by atoms with E-state index in [9.17, 15) is 0 Å². The first-order valence-electron chi connectivity index (χ1n) is 9.05. The van der Waals surface area contributed by atoms with Crippen LogP contribution in [0, 0.1) is 0 Å². The lowest BCUT2D eigenvalue weighted by Gasteiger charge is -2.24. The third kappa shape index (κ3) is 3.23. The second-order valence-corrected chi connectivity index (χ2v) is 7.47. The van der Waals surface area contributed by atoms with E-state index >= 15 is 0 Å². The summed E-state index contributed by atoms with van der Waals surface area (Å²) in [5.41, 5.74) is 1.03. The molecule has 148 valence electrons. The maximum Gasteiger partial charge on any atom is 0.234 e. The van der Waals surface area contributed by atoms with E-state index in [1.807, 2.05) is 42.5 Å². The van der Waals surface area contributed by atoms with Gasteiger partial charge in [-0.15, -0.1) is 10.2 Å². The van der Waals surface area contributed by atoms with Gasteiger partial charge in [0.1, 0.15) is 6.61 Å². The second-order valence-electron chi connectivity index (χ2n) is 6.48. The molecule has 0 fully saturated rings. The first kappa shape index (κ1) is 17.7. The van der Waals surface area contributed by atoms with Gasteiger partial charge in [0.2, 0.25) is 4.96 Å². The van der Waals surface area contributed by atoms with E-state index in [1.165, 1.54) is 11.3 Å². The van der Waals surface area contributed by atoms with Crippen molar-refractivity contribution in [1.29, 1.82) is 0 Å². The molecule has 0 aliphatic carbocycles. The van der Waals surface area contributed by atoms with Crippen molar-refractivity contribution in [3.8, 4) is 23.0 Å². The van der Waals surface area contributed by atoms with Gasteiger partial charge in [-0.3, -0.25) is 0 Å². The Morgan fingerprint density at radius 3 is 2.72 bits per heavy atom. The molecule has 8 nitrogen and oxygen atoms in total. The lowest BCUT2D eigenvalue weighted by Crippen LogP contribution is -2.21. The van der Waals surface area contributed by atoms with Gasteiger partial charge in [0.05, 0.1) is 14.2 Å². The number of ether oxygens (including phenoxy) is 4. The van der Waals surface area contributed by atoms with Crippen LogP contribution in [-0.2, 0) is 6.42 Å². The molecule has 0 amide bonds. The summed E-state index contributed by atoms with van der Waals surface area (Å²) in [4.78, 5) is 0.720. The molecule has 1 atom stereocenters. The summed E-state index contributed by atoms with van der Waals surface area (Å²) in [7, 11) is 3.24. The average Bonchev–Trinajstić information content (AvgIpc) is 3.35. The van der Waals surface area contributed by atoms with Gasteiger partial charge in [-0.05, 0) is 29.8 Å². The van der Waals surface area contributed by atoms with E-state index in [2.05, 4.69) is 10.2 Å². The summed E-state index contributed by atoms with van der Waals surface area (Å²) >= 11 is 1.45. The Morgan fingerprint density at radius 1 is 1.07 bits per heavy atom. The van der Waals surface area contributed by atoms with Crippen molar-refractivity contribution in [1.82, 2.24) is 19.8 Å². The minimum Gasteiger partial charge on any atom is -0.493 e. The number of aromatic nitrogens is 4. The molecule has 0 saturated carbocycles. The van der Waals surface area contributed by atoms with Crippen molar-refractivity contribution in [3.05, 3.63) is 58.9 Å². The molecule has 0 saturated heterocycles. The molecule has 5 rings (SSSR count). The van der Waals surface area contributed by atoms with Crippen LogP contribution in [0.5, 0.6) is 23.0 Å². The predicted molar refractivity (Wildman–Crippen MR) is 106 cm³/mol. The first-order chi connectivity index (χ1) is 14.2. The molecular formula is C20H18N4O4S. The Labute approximate surface area is 170 Å². The number of benzene rings is 2. The smallest absolute Gasteiger partial charge is 0.234 e. The fourth-order valence-electron chi connectivity index (χ4n) is 3.23. The predicted octanol–water partition coefficient (Wildman–Crippen LogP) is 3.31. The topological polar surface area (TPSA) is 80.0 Å². The highest BCUT2D eigenvalue weighted by Crippen LogP contribution is 2.37. The molecule has 9 heteroatoms. The van der Waals surface area contributed by atoms with Crippen LogP contribution in [0.3, 0.4) is 0 Å². The number of nitrogens with zero attached hydrogens (tertiary/aromatic N) is 4. The molecular weight excluding hydrogens is 392 g/mol. The highest BCUT2D eigenvalue weighted by molar-refractivity contribution is 7.16. The van der Waals surface area contributed by atoms with E-state index in [0.717, 1.165) is 32.9 Å². The average molecular weight is 410 g/mol. The molecule has 2 aromatic carbocycles. The van der Waals surface area contributed by atoms with Gasteiger partial charge >= 0.3 is 0 Å². The summed E-state index contributed by atoms with van der Waals surface area (Å²) < 4.78 is 24.3. The summed E-state index contributed by atoms with van der Waals surface area (Å²) in [6, 6.07) is 13.4. The van der Waals surface area contributed by atoms with Crippen LogP contribution < -0.4 is 18.9 Å².